The summed E-state index contributed by atoms with van der Waals surface area (Å²) in [6.45, 7) is 1.95. The number of benzene rings is 1. The number of rotatable bonds is 3. The number of nitrogens with zero attached hydrogens (tertiary/aromatic N) is 5. The Hall–Kier alpha value is -4.32. The molecule has 0 aliphatic carbocycles. The van der Waals surface area contributed by atoms with Crippen molar-refractivity contribution in [3.63, 3.8) is 0 Å². The maximum Gasteiger partial charge on any atom is 0.277 e. The number of amides is 1. The Kier molecular flexibility index (Phi) is 4.14. The van der Waals surface area contributed by atoms with E-state index < -0.39 is 11.5 Å². The Balaban J connectivity index is 1.79. The molecule has 0 aliphatic rings. The Bertz CT molecular complexity index is 1290. The smallest absolute Gasteiger partial charge is 0.277 e. The van der Waals surface area contributed by atoms with Crippen LogP contribution in [0.25, 0.3) is 16.7 Å². The Morgan fingerprint density at radius 1 is 1.25 bits per heavy atom. The van der Waals surface area contributed by atoms with Gasteiger partial charge in [0.25, 0.3) is 11.5 Å². The maximum atomic E-state index is 12.5. The van der Waals surface area contributed by atoms with Gasteiger partial charge in [-0.3, -0.25) is 9.59 Å². The first kappa shape index (κ1) is 17.1. The topological polar surface area (TPSA) is 129 Å². The van der Waals surface area contributed by atoms with E-state index in [9.17, 15) is 14.9 Å². The zero-order chi connectivity index (χ0) is 19.7. The number of nitriles is 1. The molecule has 4 rings (SSSR count). The van der Waals surface area contributed by atoms with Gasteiger partial charge in [-0.25, -0.2) is 10.1 Å². The summed E-state index contributed by atoms with van der Waals surface area (Å²) in [6, 6.07) is 14.0. The van der Waals surface area contributed by atoms with Gasteiger partial charge in [0, 0.05) is 11.5 Å². The molecular weight excluding hydrogens is 358 g/mol. The van der Waals surface area contributed by atoms with Gasteiger partial charge in [-0.1, -0.05) is 18.2 Å². The lowest BCUT2D eigenvalue weighted by Crippen LogP contribution is -2.20. The summed E-state index contributed by atoms with van der Waals surface area (Å²) in [5.74, 6) is 0.0390. The monoisotopic (exact) mass is 371 g/mol. The quantitative estimate of drug-likeness (QED) is 0.566. The number of hydrogen-bond donors (Lipinski definition) is 2. The van der Waals surface area contributed by atoms with Crippen LogP contribution in [0.15, 0.2) is 53.5 Å². The van der Waals surface area contributed by atoms with Gasteiger partial charge >= 0.3 is 0 Å². The fourth-order valence-corrected chi connectivity index (χ4v) is 2.81. The zero-order valence-corrected chi connectivity index (χ0v) is 14.7. The largest absolute Gasteiger partial charge is 0.304 e. The van der Waals surface area contributed by atoms with E-state index in [1.807, 2.05) is 43.3 Å². The molecule has 2 N–H and O–H groups in total. The van der Waals surface area contributed by atoms with Crippen molar-refractivity contribution in [2.24, 2.45) is 0 Å². The number of para-hydroxylation sites is 1. The molecular formula is C19H13N7O2. The van der Waals surface area contributed by atoms with Gasteiger partial charge in [0.1, 0.15) is 17.3 Å². The first-order chi connectivity index (χ1) is 13.6. The van der Waals surface area contributed by atoms with Crippen LogP contribution in [-0.2, 0) is 0 Å². The number of carbonyl (C=O) groups excluding carboxylic acids is 1. The second-order valence-electron chi connectivity index (χ2n) is 6.01. The van der Waals surface area contributed by atoms with Crippen molar-refractivity contribution < 1.29 is 4.79 Å². The van der Waals surface area contributed by atoms with Crippen LogP contribution < -0.4 is 10.9 Å². The molecule has 0 atom stereocenters. The van der Waals surface area contributed by atoms with Crippen LogP contribution >= 0.6 is 0 Å². The standard InChI is InChI=1S/C19H13N7O2/c1-11-8-16(22-14-5-3-2-4-13(11)14)26-18(12(9-20)10-21-26)23-19(28)15-6-7-17(27)25-24-15/h2-8,10H,1H3,(H,23,28)(H,25,27). The summed E-state index contributed by atoms with van der Waals surface area (Å²) < 4.78 is 1.39. The van der Waals surface area contributed by atoms with Crippen molar-refractivity contribution in [2.45, 2.75) is 6.92 Å². The number of carbonyl (C=O) groups is 1. The lowest BCUT2D eigenvalue weighted by Gasteiger charge is -2.10. The van der Waals surface area contributed by atoms with E-state index in [0.717, 1.165) is 16.5 Å². The third-order valence-electron chi connectivity index (χ3n) is 4.16. The van der Waals surface area contributed by atoms with Crippen molar-refractivity contribution in [3.8, 4) is 11.9 Å². The van der Waals surface area contributed by atoms with Gasteiger partial charge in [-0.05, 0) is 30.7 Å². The molecule has 0 saturated carbocycles. The number of pyridine rings is 1. The van der Waals surface area contributed by atoms with Gasteiger partial charge in [0.2, 0.25) is 0 Å². The molecule has 136 valence electrons. The summed E-state index contributed by atoms with van der Waals surface area (Å²) in [4.78, 5) is 28.2. The molecule has 1 aromatic carbocycles. The van der Waals surface area contributed by atoms with Crippen molar-refractivity contribution in [1.29, 1.82) is 5.26 Å². The number of H-pyrrole nitrogens is 1. The lowest BCUT2D eigenvalue weighted by molar-refractivity contribution is 0.102. The predicted octanol–water partition coefficient (Wildman–Crippen LogP) is 1.94. The first-order valence-electron chi connectivity index (χ1n) is 8.29. The van der Waals surface area contributed by atoms with Crippen LogP contribution in [0.4, 0.5) is 5.82 Å². The summed E-state index contributed by atoms with van der Waals surface area (Å²) in [5, 5.41) is 23.1. The van der Waals surface area contributed by atoms with Gasteiger partial charge in [-0.15, -0.1) is 0 Å². The minimum absolute atomic E-state index is 0.00103. The van der Waals surface area contributed by atoms with Crippen molar-refractivity contribution in [1.82, 2.24) is 25.0 Å². The number of hydrogen-bond acceptors (Lipinski definition) is 6. The fourth-order valence-electron chi connectivity index (χ4n) is 2.81. The molecule has 0 unspecified atom stereocenters. The molecule has 28 heavy (non-hydrogen) atoms. The van der Waals surface area contributed by atoms with Crippen LogP contribution in [0.5, 0.6) is 0 Å². The molecule has 9 nitrogen and oxygen atoms in total. The van der Waals surface area contributed by atoms with Crippen LogP contribution in [0.3, 0.4) is 0 Å². The number of fused-ring (bicyclic) bond motifs is 1. The summed E-state index contributed by atoms with van der Waals surface area (Å²) in [5.41, 5.74) is 1.50. The van der Waals surface area contributed by atoms with Gasteiger partial charge < -0.3 is 5.32 Å². The molecule has 0 saturated heterocycles. The Morgan fingerprint density at radius 2 is 2.07 bits per heavy atom. The highest BCUT2D eigenvalue weighted by molar-refractivity contribution is 6.03. The SMILES string of the molecule is Cc1cc(-n2ncc(C#N)c2NC(=O)c2ccc(=O)[nH]n2)nc2ccccc12. The first-order valence-corrected chi connectivity index (χ1v) is 8.29. The van der Waals surface area contributed by atoms with E-state index in [1.165, 1.54) is 23.0 Å². The molecule has 0 fully saturated rings. The van der Waals surface area contributed by atoms with E-state index in [4.69, 9.17) is 0 Å². The molecule has 3 aromatic heterocycles. The number of aryl methyl sites for hydroxylation is 1. The van der Waals surface area contributed by atoms with E-state index in [2.05, 4.69) is 25.6 Å². The minimum atomic E-state index is -0.591. The molecule has 0 aliphatic heterocycles. The highest BCUT2D eigenvalue weighted by Crippen LogP contribution is 2.23. The van der Waals surface area contributed by atoms with Crippen LogP contribution in [0.2, 0.25) is 0 Å². The number of aromatic amines is 1. The molecule has 0 spiro atoms. The van der Waals surface area contributed by atoms with Crippen molar-refractivity contribution in [2.75, 3.05) is 5.32 Å². The third kappa shape index (κ3) is 2.99. The number of aromatic nitrogens is 5. The summed E-state index contributed by atoms with van der Waals surface area (Å²) >= 11 is 0. The minimum Gasteiger partial charge on any atom is -0.304 e. The average molecular weight is 371 g/mol. The Morgan fingerprint density at radius 3 is 2.82 bits per heavy atom. The number of nitrogens with one attached hydrogen (secondary N) is 2. The molecule has 9 heteroatoms. The average Bonchev–Trinajstić information content (AvgIpc) is 3.11. The van der Waals surface area contributed by atoms with E-state index >= 15 is 0 Å². The van der Waals surface area contributed by atoms with Crippen LogP contribution in [0.1, 0.15) is 21.6 Å². The molecule has 3 heterocycles. The van der Waals surface area contributed by atoms with Crippen molar-refractivity contribution >= 4 is 22.6 Å². The van der Waals surface area contributed by atoms with Gasteiger partial charge in [0.05, 0.1) is 11.7 Å². The summed E-state index contributed by atoms with van der Waals surface area (Å²) in [7, 11) is 0. The van der Waals surface area contributed by atoms with E-state index in [1.54, 1.807) is 0 Å². The summed E-state index contributed by atoms with van der Waals surface area (Å²) in [6.07, 6.45) is 1.35. The second-order valence-corrected chi connectivity index (χ2v) is 6.01. The molecule has 4 aromatic rings. The normalized spacial score (nSPS) is 10.6. The second kappa shape index (κ2) is 6.77. The molecule has 0 radical (unpaired) electrons. The van der Waals surface area contributed by atoms with Gasteiger partial charge in [0.15, 0.2) is 11.6 Å². The van der Waals surface area contributed by atoms with E-state index in [0.29, 0.717) is 5.82 Å². The van der Waals surface area contributed by atoms with E-state index in [-0.39, 0.29) is 17.1 Å². The third-order valence-corrected chi connectivity index (χ3v) is 4.16. The van der Waals surface area contributed by atoms with Crippen molar-refractivity contribution in [3.05, 3.63) is 75.8 Å². The fraction of sp³-hybridized carbons (Fsp3) is 0.0526. The lowest BCUT2D eigenvalue weighted by atomic mass is 10.1. The predicted molar refractivity (Wildman–Crippen MR) is 101 cm³/mol. The number of anilines is 1. The molecule has 0 bridgehead atoms. The van der Waals surface area contributed by atoms with Crippen LogP contribution in [-0.4, -0.2) is 30.9 Å². The highest BCUT2D eigenvalue weighted by Gasteiger charge is 2.18. The van der Waals surface area contributed by atoms with Gasteiger partial charge in [-0.2, -0.15) is 20.1 Å². The van der Waals surface area contributed by atoms with Crippen LogP contribution in [0, 0.1) is 18.3 Å². The highest BCUT2D eigenvalue weighted by atomic mass is 16.2. The maximum absolute atomic E-state index is 12.5. The zero-order valence-electron chi connectivity index (χ0n) is 14.7. The Labute approximate surface area is 158 Å². The molecule has 1 amide bonds.